The minimum absolute atomic E-state index is 0.974. The van der Waals surface area contributed by atoms with Crippen LogP contribution in [0.2, 0.25) is 0 Å². The van der Waals surface area contributed by atoms with E-state index in [0.29, 0.717) is 0 Å². The molecule has 3 heteroatoms. The molecule has 0 bridgehead atoms. The molecule has 0 unspecified atom stereocenters. The van der Waals surface area contributed by atoms with Gasteiger partial charge in [-0.2, -0.15) is 0 Å². The second-order valence-corrected chi connectivity index (χ2v) is 5.63. The third-order valence-electron chi connectivity index (χ3n) is 2.81. The number of hydrogen-bond acceptors (Lipinski definition) is 3. The van der Waals surface area contributed by atoms with E-state index < -0.39 is 0 Å². The van der Waals surface area contributed by atoms with Crippen LogP contribution in [0.15, 0.2) is 47.5 Å². The van der Waals surface area contributed by atoms with Gasteiger partial charge in [-0.25, -0.2) is 4.98 Å². The van der Waals surface area contributed by atoms with Crippen molar-refractivity contribution in [2.75, 3.05) is 11.9 Å². The Kier molecular flexibility index (Phi) is 5.28. The minimum Gasteiger partial charge on any atom is -0.370 e. The van der Waals surface area contributed by atoms with Crippen molar-refractivity contribution in [3.05, 3.63) is 53.7 Å². The molecule has 0 saturated heterocycles. The molecule has 1 aromatic carbocycles. The molecule has 0 atom stereocenters. The molecular formula is C16H20N2S. The molecule has 1 N–H and O–H groups in total. The van der Waals surface area contributed by atoms with Gasteiger partial charge >= 0.3 is 0 Å². The fraction of sp³-hybridized carbons (Fsp3) is 0.312. The topological polar surface area (TPSA) is 24.9 Å². The van der Waals surface area contributed by atoms with Crippen LogP contribution in [-0.4, -0.2) is 11.5 Å². The van der Waals surface area contributed by atoms with Crippen LogP contribution in [0.25, 0.3) is 0 Å². The first-order valence-electron chi connectivity index (χ1n) is 6.66. The maximum atomic E-state index is 4.32. The highest BCUT2D eigenvalue weighted by atomic mass is 32.2. The first-order chi connectivity index (χ1) is 9.28. The molecule has 100 valence electrons. The third-order valence-corrected chi connectivity index (χ3v) is 3.89. The summed E-state index contributed by atoms with van der Waals surface area (Å²) in [4.78, 5) is 5.63. The fourth-order valence-corrected chi connectivity index (χ4v) is 2.56. The molecule has 0 radical (unpaired) electrons. The van der Waals surface area contributed by atoms with Crippen molar-refractivity contribution >= 4 is 17.6 Å². The number of anilines is 1. The summed E-state index contributed by atoms with van der Waals surface area (Å²) in [7, 11) is 0. The standard InChI is InChI=1S/C16H20N2S/c1-3-9-17-16-11-14(8-10-18-16)12-19-15-6-4-13(2)5-7-15/h4-8,10-11H,3,9,12H2,1-2H3,(H,17,18). The third kappa shape index (κ3) is 4.60. The van der Waals surface area contributed by atoms with Gasteiger partial charge in [-0.1, -0.05) is 24.6 Å². The molecule has 0 aliphatic rings. The summed E-state index contributed by atoms with van der Waals surface area (Å²) in [6.07, 6.45) is 2.99. The van der Waals surface area contributed by atoms with Gasteiger partial charge in [0.2, 0.25) is 0 Å². The Balaban J connectivity index is 1.93. The molecule has 0 saturated carbocycles. The molecule has 0 amide bonds. The fourth-order valence-electron chi connectivity index (χ4n) is 1.71. The second kappa shape index (κ2) is 7.19. The van der Waals surface area contributed by atoms with E-state index in [-0.39, 0.29) is 0 Å². The van der Waals surface area contributed by atoms with Crippen LogP contribution >= 0.6 is 11.8 Å². The van der Waals surface area contributed by atoms with Gasteiger partial charge in [-0.15, -0.1) is 11.8 Å². The van der Waals surface area contributed by atoms with Gasteiger partial charge in [0, 0.05) is 23.4 Å². The van der Waals surface area contributed by atoms with Crippen molar-refractivity contribution in [2.24, 2.45) is 0 Å². The van der Waals surface area contributed by atoms with E-state index >= 15 is 0 Å². The van der Waals surface area contributed by atoms with Crippen LogP contribution in [0.4, 0.5) is 5.82 Å². The van der Waals surface area contributed by atoms with E-state index in [9.17, 15) is 0 Å². The van der Waals surface area contributed by atoms with Crippen LogP contribution in [0.5, 0.6) is 0 Å². The molecule has 2 rings (SSSR count). The van der Waals surface area contributed by atoms with E-state index in [1.165, 1.54) is 16.0 Å². The number of benzene rings is 1. The maximum absolute atomic E-state index is 4.32. The largest absolute Gasteiger partial charge is 0.370 e. The first kappa shape index (κ1) is 13.9. The number of thioether (sulfide) groups is 1. The van der Waals surface area contributed by atoms with Crippen LogP contribution in [0.3, 0.4) is 0 Å². The van der Waals surface area contributed by atoms with E-state index in [1.807, 2.05) is 18.0 Å². The zero-order chi connectivity index (χ0) is 13.5. The van der Waals surface area contributed by atoms with Crippen LogP contribution in [-0.2, 0) is 5.75 Å². The lowest BCUT2D eigenvalue weighted by molar-refractivity contribution is 0.968. The molecule has 1 aromatic heterocycles. The summed E-state index contributed by atoms with van der Waals surface area (Å²) in [6, 6.07) is 12.9. The van der Waals surface area contributed by atoms with Crippen molar-refractivity contribution < 1.29 is 0 Å². The van der Waals surface area contributed by atoms with Crippen molar-refractivity contribution in [2.45, 2.75) is 30.9 Å². The predicted octanol–water partition coefficient (Wildman–Crippen LogP) is 4.50. The smallest absolute Gasteiger partial charge is 0.126 e. The monoisotopic (exact) mass is 272 g/mol. The van der Waals surface area contributed by atoms with Crippen LogP contribution < -0.4 is 5.32 Å². The molecule has 0 aliphatic carbocycles. The summed E-state index contributed by atoms with van der Waals surface area (Å²) in [5.41, 5.74) is 2.61. The van der Waals surface area contributed by atoms with Crippen LogP contribution in [0.1, 0.15) is 24.5 Å². The van der Waals surface area contributed by atoms with Gasteiger partial charge in [-0.05, 0) is 43.2 Å². The van der Waals surface area contributed by atoms with Gasteiger partial charge in [-0.3, -0.25) is 0 Å². The zero-order valence-electron chi connectivity index (χ0n) is 11.5. The lowest BCUT2D eigenvalue weighted by atomic mass is 10.2. The van der Waals surface area contributed by atoms with Crippen molar-refractivity contribution in [3.8, 4) is 0 Å². The quantitative estimate of drug-likeness (QED) is 0.783. The average molecular weight is 272 g/mol. The molecule has 19 heavy (non-hydrogen) atoms. The van der Waals surface area contributed by atoms with E-state index in [0.717, 1.165) is 24.5 Å². The normalized spacial score (nSPS) is 10.4. The summed E-state index contributed by atoms with van der Waals surface area (Å²) < 4.78 is 0. The Labute approximate surface area is 119 Å². The van der Waals surface area contributed by atoms with Gasteiger partial charge in [0.1, 0.15) is 5.82 Å². The Morgan fingerprint density at radius 3 is 2.68 bits per heavy atom. The first-order valence-corrected chi connectivity index (χ1v) is 7.65. The molecule has 0 fully saturated rings. The van der Waals surface area contributed by atoms with Gasteiger partial charge in [0.25, 0.3) is 0 Å². The SMILES string of the molecule is CCCNc1cc(CSc2ccc(C)cc2)ccn1. The molecule has 2 aromatic rings. The number of nitrogens with one attached hydrogen (secondary N) is 1. The Morgan fingerprint density at radius 1 is 1.16 bits per heavy atom. The lowest BCUT2D eigenvalue weighted by Gasteiger charge is -2.06. The van der Waals surface area contributed by atoms with Crippen molar-refractivity contribution in [3.63, 3.8) is 0 Å². The van der Waals surface area contributed by atoms with E-state index in [1.54, 1.807) is 0 Å². The molecule has 2 nitrogen and oxygen atoms in total. The number of aryl methyl sites for hydroxylation is 1. The highest BCUT2D eigenvalue weighted by Crippen LogP contribution is 2.23. The Hall–Kier alpha value is -1.48. The molecular weight excluding hydrogens is 252 g/mol. The highest BCUT2D eigenvalue weighted by molar-refractivity contribution is 7.98. The Morgan fingerprint density at radius 2 is 1.95 bits per heavy atom. The number of hydrogen-bond donors (Lipinski definition) is 1. The number of rotatable bonds is 6. The number of aromatic nitrogens is 1. The number of pyridine rings is 1. The Bertz CT molecular complexity index is 508. The second-order valence-electron chi connectivity index (χ2n) is 4.58. The summed E-state index contributed by atoms with van der Waals surface area (Å²) in [5, 5.41) is 3.32. The zero-order valence-corrected chi connectivity index (χ0v) is 12.3. The van der Waals surface area contributed by atoms with Crippen molar-refractivity contribution in [1.29, 1.82) is 0 Å². The van der Waals surface area contributed by atoms with Gasteiger partial charge in [0.05, 0.1) is 0 Å². The average Bonchev–Trinajstić information content (AvgIpc) is 2.45. The summed E-state index contributed by atoms with van der Waals surface area (Å²) >= 11 is 1.86. The maximum Gasteiger partial charge on any atom is 0.126 e. The van der Waals surface area contributed by atoms with Gasteiger partial charge in [0.15, 0.2) is 0 Å². The van der Waals surface area contributed by atoms with Crippen molar-refractivity contribution in [1.82, 2.24) is 4.98 Å². The minimum atomic E-state index is 0.974. The van der Waals surface area contributed by atoms with Gasteiger partial charge < -0.3 is 5.32 Å². The highest BCUT2D eigenvalue weighted by Gasteiger charge is 1.99. The summed E-state index contributed by atoms with van der Waals surface area (Å²) in [6.45, 7) is 5.24. The van der Waals surface area contributed by atoms with Crippen LogP contribution in [0, 0.1) is 6.92 Å². The molecule has 1 heterocycles. The molecule has 0 spiro atoms. The lowest BCUT2D eigenvalue weighted by Crippen LogP contribution is -2.01. The van der Waals surface area contributed by atoms with E-state index in [4.69, 9.17) is 0 Å². The number of nitrogens with zero attached hydrogens (tertiary/aromatic N) is 1. The van der Waals surface area contributed by atoms with E-state index in [2.05, 4.69) is 60.5 Å². The molecule has 0 aliphatic heterocycles. The summed E-state index contributed by atoms with van der Waals surface area (Å²) in [5.74, 6) is 1.95. The predicted molar refractivity (Wildman–Crippen MR) is 83.8 cm³/mol.